The Morgan fingerprint density at radius 3 is 2.41 bits per heavy atom. The number of anilines is 1. The maximum absolute atomic E-state index is 11.9. The summed E-state index contributed by atoms with van der Waals surface area (Å²) >= 11 is 0. The molecule has 0 saturated heterocycles. The molecule has 0 unspecified atom stereocenters. The summed E-state index contributed by atoms with van der Waals surface area (Å²) in [6.07, 6.45) is 0.784. The molecule has 22 heavy (non-hydrogen) atoms. The quantitative estimate of drug-likeness (QED) is 0.609. The lowest BCUT2D eigenvalue weighted by molar-refractivity contribution is -0.118. The van der Waals surface area contributed by atoms with Crippen molar-refractivity contribution in [1.29, 1.82) is 0 Å². The van der Waals surface area contributed by atoms with E-state index in [1.165, 1.54) is 27.4 Å². The van der Waals surface area contributed by atoms with Crippen LogP contribution >= 0.6 is 0 Å². The summed E-state index contributed by atoms with van der Waals surface area (Å²) in [5.41, 5.74) is 0.958. The highest BCUT2D eigenvalue weighted by Gasteiger charge is 2.22. The maximum atomic E-state index is 11.9. The molecule has 120 valence electrons. The molecule has 7 heteroatoms. The lowest BCUT2D eigenvalue weighted by atomic mass is 10.0. The van der Waals surface area contributed by atoms with E-state index in [0.717, 1.165) is 0 Å². The fraction of sp³-hybridized carbons (Fsp3) is 0.400. The van der Waals surface area contributed by atoms with Gasteiger partial charge in [-0.25, -0.2) is 4.79 Å². The van der Waals surface area contributed by atoms with E-state index in [9.17, 15) is 14.4 Å². The van der Waals surface area contributed by atoms with Gasteiger partial charge in [0, 0.05) is 24.5 Å². The van der Waals surface area contributed by atoms with Crippen molar-refractivity contribution < 1.29 is 28.6 Å². The van der Waals surface area contributed by atoms with Gasteiger partial charge in [0.1, 0.15) is 6.29 Å². The van der Waals surface area contributed by atoms with E-state index in [1.54, 1.807) is 6.92 Å². The number of benzene rings is 1. The van der Waals surface area contributed by atoms with Crippen molar-refractivity contribution >= 4 is 23.9 Å². The summed E-state index contributed by atoms with van der Waals surface area (Å²) in [7, 11) is 4.15. The summed E-state index contributed by atoms with van der Waals surface area (Å²) in [5, 5.41) is 2.62. The van der Waals surface area contributed by atoms with E-state index in [2.05, 4.69) is 5.32 Å². The van der Waals surface area contributed by atoms with Crippen molar-refractivity contribution in [3.8, 4) is 11.5 Å². The second-order valence-electron chi connectivity index (χ2n) is 4.40. The number of carbonyl (C=O) groups is 3. The normalized spacial score (nSPS) is 9.82. The number of ether oxygens (including phenoxy) is 3. The van der Waals surface area contributed by atoms with Crippen LogP contribution in [0.3, 0.4) is 0 Å². The van der Waals surface area contributed by atoms with Crippen LogP contribution in [-0.4, -0.2) is 39.5 Å². The summed E-state index contributed by atoms with van der Waals surface area (Å²) in [6, 6.07) is 1.44. The second kappa shape index (κ2) is 8.02. The number of methoxy groups -OCH3 is 3. The van der Waals surface area contributed by atoms with Gasteiger partial charge in [-0.2, -0.15) is 0 Å². The number of hydrogen-bond donors (Lipinski definition) is 1. The molecular weight excluding hydrogens is 290 g/mol. The van der Waals surface area contributed by atoms with Crippen LogP contribution in [0.25, 0.3) is 0 Å². The highest BCUT2D eigenvalue weighted by Crippen LogP contribution is 2.38. The van der Waals surface area contributed by atoms with Gasteiger partial charge in [-0.3, -0.25) is 4.79 Å². The zero-order valence-corrected chi connectivity index (χ0v) is 13.0. The Hall–Kier alpha value is -2.57. The Labute approximate surface area is 128 Å². The minimum Gasteiger partial charge on any atom is -0.493 e. The number of esters is 1. The van der Waals surface area contributed by atoms with Crippen LogP contribution in [0.15, 0.2) is 6.07 Å². The standard InChI is InChI=1S/C15H19NO6/c1-9-13(16-12(18)6-5-7-17)10(15(19)22-4)8-11(20-2)14(9)21-3/h7-8H,5-6H2,1-4H3,(H,16,18). The van der Waals surface area contributed by atoms with Crippen LogP contribution < -0.4 is 14.8 Å². The van der Waals surface area contributed by atoms with E-state index in [0.29, 0.717) is 23.3 Å². The Bertz CT molecular complexity index is 582. The van der Waals surface area contributed by atoms with E-state index >= 15 is 0 Å². The average molecular weight is 309 g/mol. The Morgan fingerprint density at radius 2 is 1.91 bits per heavy atom. The molecular formula is C15H19NO6. The van der Waals surface area contributed by atoms with Gasteiger partial charge in [0.25, 0.3) is 0 Å². The van der Waals surface area contributed by atoms with Crippen molar-refractivity contribution in [3.63, 3.8) is 0 Å². The first-order valence-corrected chi connectivity index (χ1v) is 6.57. The molecule has 1 aromatic carbocycles. The highest BCUT2D eigenvalue weighted by atomic mass is 16.5. The molecule has 0 heterocycles. The monoisotopic (exact) mass is 309 g/mol. The van der Waals surface area contributed by atoms with Crippen LogP contribution in [0.1, 0.15) is 28.8 Å². The van der Waals surface area contributed by atoms with Gasteiger partial charge < -0.3 is 24.3 Å². The van der Waals surface area contributed by atoms with Crippen molar-refractivity contribution in [3.05, 3.63) is 17.2 Å². The van der Waals surface area contributed by atoms with Crippen LogP contribution in [0, 0.1) is 6.92 Å². The minimum atomic E-state index is -0.616. The fourth-order valence-electron chi connectivity index (χ4n) is 2.00. The van der Waals surface area contributed by atoms with Gasteiger partial charge >= 0.3 is 5.97 Å². The summed E-state index contributed by atoms with van der Waals surface area (Å²) in [4.78, 5) is 34.1. The molecule has 0 atom stereocenters. The van der Waals surface area contributed by atoms with Gasteiger partial charge in [0.05, 0.1) is 32.6 Å². The third-order valence-electron chi connectivity index (χ3n) is 3.07. The van der Waals surface area contributed by atoms with Gasteiger partial charge in [0.15, 0.2) is 11.5 Å². The average Bonchev–Trinajstić information content (AvgIpc) is 2.53. The SMILES string of the molecule is COC(=O)c1cc(OC)c(OC)c(C)c1NC(=O)CCC=O. The molecule has 0 aliphatic rings. The molecule has 0 aliphatic carbocycles. The van der Waals surface area contributed by atoms with Crippen LogP contribution in [0.5, 0.6) is 11.5 Å². The highest BCUT2D eigenvalue weighted by molar-refractivity contribution is 6.03. The van der Waals surface area contributed by atoms with E-state index in [4.69, 9.17) is 14.2 Å². The number of amides is 1. The summed E-state index contributed by atoms with van der Waals surface area (Å²) < 4.78 is 15.2. The number of rotatable bonds is 7. The lowest BCUT2D eigenvalue weighted by Gasteiger charge is -2.18. The third-order valence-corrected chi connectivity index (χ3v) is 3.07. The Kier molecular flexibility index (Phi) is 6.37. The smallest absolute Gasteiger partial charge is 0.340 e. The van der Waals surface area contributed by atoms with Crippen molar-refractivity contribution in [2.75, 3.05) is 26.6 Å². The number of hydrogen-bond acceptors (Lipinski definition) is 6. The first kappa shape index (κ1) is 17.5. The van der Waals surface area contributed by atoms with Gasteiger partial charge in [-0.15, -0.1) is 0 Å². The van der Waals surface area contributed by atoms with E-state index < -0.39 is 5.97 Å². The molecule has 0 aromatic heterocycles. The molecule has 1 aromatic rings. The van der Waals surface area contributed by atoms with E-state index in [1.807, 2.05) is 0 Å². The lowest BCUT2D eigenvalue weighted by Crippen LogP contribution is -2.17. The van der Waals surface area contributed by atoms with Gasteiger partial charge in [-0.05, 0) is 6.92 Å². The molecule has 0 saturated carbocycles. The number of carbonyl (C=O) groups excluding carboxylic acids is 3. The van der Waals surface area contributed by atoms with Crippen molar-refractivity contribution in [2.45, 2.75) is 19.8 Å². The van der Waals surface area contributed by atoms with Crippen LogP contribution in [0.2, 0.25) is 0 Å². The molecule has 0 spiro atoms. The fourth-order valence-corrected chi connectivity index (χ4v) is 2.00. The van der Waals surface area contributed by atoms with Crippen LogP contribution in [0.4, 0.5) is 5.69 Å². The maximum Gasteiger partial charge on any atom is 0.340 e. The predicted octanol–water partition coefficient (Wildman–Crippen LogP) is 1.72. The third kappa shape index (κ3) is 3.75. The minimum absolute atomic E-state index is 0.0257. The summed E-state index contributed by atoms with van der Waals surface area (Å²) in [5.74, 6) is -0.241. The molecule has 1 rings (SSSR count). The largest absolute Gasteiger partial charge is 0.493 e. The molecule has 0 radical (unpaired) electrons. The van der Waals surface area contributed by atoms with Gasteiger partial charge in [0.2, 0.25) is 5.91 Å². The molecule has 7 nitrogen and oxygen atoms in total. The molecule has 1 N–H and O–H groups in total. The van der Waals surface area contributed by atoms with Crippen molar-refractivity contribution in [2.24, 2.45) is 0 Å². The van der Waals surface area contributed by atoms with Gasteiger partial charge in [-0.1, -0.05) is 0 Å². The number of nitrogens with one attached hydrogen (secondary N) is 1. The first-order chi connectivity index (χ1) is 10.5. The zero-order valence-electron chi connectivity index (χ0n) is 13.0. The summed E-state index contributed by atoms with van der Waals surface area (Å²) in [6.45, 7) is 1.68. The topological polar surface area (TPSA) is 90.9 Å². The van der Waals surface area contributed by atoms with Crippen LogP contribution in [-0.2, 0) is 14.3 Å². The predicted molar refractivity (Wildman–Crippen MR) is 79.6 cm³/mol. The molecule has 0 aliphatic heterocycles. The van der Waals surface area contributed by atoms with E-state index in [-0.39, 0.29) is 30.0 Å². The second-order valence-corrected chi connectivity index (χ2v) is 4.40. The molecule has 0 bridgehead atoms. The first-order valence-electron chi connectivity index (χ1n) is 6.57. The molecule has 1 amide bonds. The van der Waals surface area contributed by atoms with Crippen molar-refractivity contribution in [1.82, 2.24) is 0 Å². The zero-order chi connectivity index (χ0) is 16.7. The molecule has 0 fully saturated rings. The Balaban J connectivity index is 3.35. The number of aldehydes is 1. The Morgan fingerprint density at radius 1 is 1.23 bits per heavy atom.